The first-order chi connectivity index (χ1) is 9.45. The Morgan fingerprint density at radius 2 is 1.90 bits per heavy atom. The standard InChI is InChI=1S/C15H19FN2.C2H6/c1-5-15(2,3)13-10-11(16)6-7-12(13)14-17-8-9-18(14)4;1-2/h6-10H,5H2,1-4H3;1-2H3. The summed E-state index contributed by atoms with van der Waals surface area (Å²) in [5.74, 6) is 0.691. The second-order valence-corrected chi connectivity index (χ2v) is 5.29. The molecular weight excluding hydrogens is 251 g/mol. The van der Waals surface area contributed by atoms with Crippen LogP contribution < -0.4 is 0 Å². The van der Waals surface area contributed by atoms with E-state index in [4.69, 9.17) is 0 Å². The number of rotatable bonds is 3. The summed E-state index contributed by atoms with van der Waals surface area (Å²) in [4.78, 5) is 4.36. The highest BCUT2D eigenvalue weighted by molar-refractivity contribution is 5.62. The van der Waals surface area contributed by atoms with Gasteiger partial charge in [0.05, 0.1) is 0 Å². The molecule has 0 saturated carbocycles. The van der Waals surface area contributed by atoms with E-state index in [2.05, 4.69) is 25.8 Å². The largest absolute Gasteiger partial charge is 0.334 e. The lowest BCUT2D eigenvalue weighted by Crippen LogP contribution is -2.17. The second kappa shape index (κ2) is 6.69. The van der Waals surface area contributed by atoms with Crippen molar-refractivity contribution in [2.24, 2.45) is 7.05 Å². The summed E-state index contributed by atoms with van der Waals surface area (Å²) < 4.78 is 15.5. The number of aromatic nitrogens is 2. The van der Waals surface area contributed by atoms with Gasteiger partial charge in [0.25, 0.3) is 0 Å². The highest BCUT2D eigenvalue weighted by Gasteiger charge is 2.24. The summed E-state index contributed by atoms with van der Waals surface area (Å²) in [5, 5.41) is 0. The summed E-state index contributed by atoms with van der Waals surface area (Å²) in [6.07, 6.45) is 4.62. The van der Waals surface area contributed by atoms with Gasteiger partial charge in [-0.1, -0.05) is 34.6 Å². The molecule has 2 rings (SSSR count). The number of nitrogens with zero attached hydrogens (tertiary/aromatic N) is 2. The van der Waals surface area contributed by atoms with Crippen LogP contribution in [0.1, 0.15) is 46.6 Å². The summed E-state index contributed by atoms with van der Waals surface area (Å²) in [7, 11) is 1.95. The molecule has 1 aromatic heterocycles. The van der Waals surface area contributed by atoms with Crippen molar-refractivity contribution in [3.05, 3.63) is 42.0 Å². The molecular formula is C17H25FN2. The molecule has 0 saturated heterocycles. The zero-order valence-electron chi connectivity index (χ0n) is 13.4. The fourth-order valence-electron chi connectivity index (χ4n) is 2.09. The number of halogens is 1. The summed E-state index contributed by atoms with van der Waals surface area (Å²) in [6, 6.07) is 4.96. The molecule has 0 aliphatic carbocycles. The van der Waals surface area contributed by atoms with Crippen molar-refractivity contribution in [1.82, 2.24) is 9.55 Å². The highest BCUT2D eigenvalue weighted by atomic mass is 19.1. The number of benzene rings is 1. The van der Waals surface area contributed by atoms with Gasteiger partial charge in [-0.05, 0) is 35.6 Å². The van der Waals surface area contributed by atoms with Gasteiger partial charge in [-0.25, -0.2) is 9.37 Å². The Morgan fingerprint density at radius 1 is 1.25 bits per heavy atom. The first-order valence-corrected chi connectivity index (χ1v) is 7.23. The number of aryl methyl sites for hydroxylation is 1. The van der Waals surface area contributed by atoms with Crippen LogP contribution in [0.15, 0.2) is 30.6 Å². The molecule has 0 aliphatic rings. The van der Waals surface area contributed by atoms with Crippen LogP contribution in [0.2, 0.25) is 0 Å². The molecule has 20 heavy (non-hydrogen) atoms. The summed E-state index contributed by atoms with van der Waals surface area (Å²) >= 11 is 0. The molecule has 2 nitrogen and oxygen atoms in total. The van der Waals surface area contributed by atoms with Gasteiger partial charge in [-0.2, -0.15) is 0 Å². The summed E-state index contributed by atoms with van der Waals surface area (Å²) in [6.45, 7) is 10.4. The van der Waals surface area contributed by atoms with Gasteiger partial charge in [0.1, 0.15) is 11.6 Å². The van der Waals surface area contributed by atoms with Crippen molar-refractivity contribution < 1.29 is 4.39 Å². The van der Waals surface area contributed by atoms with E-state index in [1.54, 1.807) is 12.3 Å². The van der Waals surface area contributed by atoms with Crippen LogP contribution in [0.25, 0.3) is 11.4 Å². The van der Waals surface area contributed by atoms with E-state index >= 15 is 0 Å². The van der Waals surface area contributed by atoms with E-state index in [9.17, 15) is 4.39 Å². The predicted molar refractivity (Wildman–Crippen MR) is 83.3 cm³/mol. The van der Waals surface area contributed by atoms with E-state index in [1.807, 2.05) is 37.7 Å². The Bertz CT molecular complexity index is 556. The van der Waals surface area contributed by atoms with Crippen molar-refractivity contribution in [2.75, 3.05) is 0 Å². The first-order valence-electron chi connectivity index (χ1n) is 7.23. The molecule has 0 unspecified atom stereocenters. The summed E-state index contributed by atoms with van der Waals surface area (Å²) in [5.41, 5.74) is 1.96. The topological polar surface area (TPSA) is 17.8 Å². The van der Waals surface area contributed by atoms with Crippen LogP contribution in [0, 0.1) is 5.82 Å². The van der Waals surface area contributed by atoms with Gasteiger partial charge in [0.2, 0.25) is 0 Å². The van der Waals surface area contributed by atoms with Gasteiger partial charge in [0, 0.05) is 25.0 Å². The predicted octanol–water partition coefficient (Wildman–Crippen LogP) is 4.94. The Balaban J connectivity index is 0.000000956. The molecule has 0 bridgehead atoms. The van der Waals surface area contributed by atoms with E-state index in [0.29, 0.717) is 0 Å². The fourth-order valence-corrected chi connectivity index (χ4v) is 2.09. The zero-order chi connectivity index (χ0) is 15.3. The lowest BCUT2D eigenvalue weighted by Gasteiger charge is -2.26. The average molecular weight is 276 g/mol. The SMILES string of the molecule is CC.CCC(C)(C)c1cc(F)ccc1-c1nccn1C. The lowest BCUT2D eigenvalue weighted by molar-refractivity contribution is 0.501. The van der Waals surface area contributed by atoms with Crippen LogP contribution in [0.4, 0.5) is 4.39 Å². The van der Waals surface area contributed by atoms with Crippen molar-refractivity contribution in [3.8, 4) is 11.4 Å². The molecule has 1 heterocycles. The highest BCUT2D eigenvalue weighted by Crippen LogP contribution is 2.34. The molecule has 1 aromatic carbocycles. The second-order valence-electron chi connectivity index (χ2n) is 5.29. The van der Waals surface area contributed by atoms with Crippen molar-refractivity contribution in [3.63, 3.8) is 0 Å². The minimum atomic E-state index is -0.190. The van der Waals surface area contributed by atoms with Crippen LogP contribution in [-0.4, -0.2) is 9.55 Å². The van der Waals surface area contributed by atoms with Crippen molar-refractivity contribution in [2.45, 2.75) is 46.5 Å². The molecule has 0 fully saturated rings. The van der Waals surface area contributed by atoms with Crippen LogP contribution >= 0.6 is 0 Å². The molecule has 2 aromatic rings. The minimum absolute atomic E-state index is 0.0661. The minimum Gasteiger partial charge on any atom is -0.334 e. The van der Waals surface area contributed by atoms with Crippen LogP contribution in [0.5, 0.6) is 0 Å². The first kappa shape index (κ1) is 16.4. The zero-order valence-corrected chi connectivity index (χ0v) is 13.4. The average Bonchev–Trinajstić information content (AvgIpc) is 2.87. The number of hydrogen-bond donors (Lipinski definition) is 0. The Labute approximate surface area is 121 Å². The molecule has 3 heteroatoms. The maximum absolute atomic E-state index is 13.5. The Morgan fingerprint density at radius 3 is 2.40 bits per heavy atom. The third kappa shape index (κ3) is 3.27. The maximum atomic E-state index is 13.5. The molecule has 110 valence electrons. The molecule has 0 spiro atoms. The van der Waals surface area contributed by atoms with Crippen molar-refractivity contribution >= 4 is 0 Å². The van der Waals surface area contributed by atoms with Gasteiger partial charge in [0.15, 0.2) is 0 Å². The van der Waals surface area contributed by atoms with Crippen LogP contribution in [0.3, 0.4) is 0 Å². The Hall–Kier alpha value is -1.64. The third-order valence-corrected chi connectivity index (χ3v) is 3.66. The molecule has 0 radical (unpaired) electrons. The lowest BCUT2D eigenvalue weighted by atomic mass is 9.79. The molecule has 0 N–H and O–H groups in total. The van der Waals surface area contributed by atoms with E-state index < -0.39 is 0 Å². The maximum Gasteiger partial charge on any atom is 0.139 e. The number of hydrogen-bond acceptors (Lipinski definition) is 1. The fraction of sp³-hybridized carbons (Fsp3) is 0.471. The van der Waals surface area contributed by atoms with Gasteiger partial charge >= 0.3 is 0 Å². The smallest absolute Gasteiger partial charge is 0.139 e. The third-order valence-electron chi connectivity index (χ3n) is 3.66. The molecule has 0 amide bonds. The van der Waals surface area contributed by atoms with Crippen molar-refractivity contribution in [1.29, 1.82) is 0 Å². The molecule has 0 aliphatic heterocycles. The van der Waals surface area contributed by atoms with Gasteiger partial charge in [-0.3, -0.25) is 0 Å². The van der Waals surface area contributed by atoms with Gasteiger partial charge < -0.3 is 4.57 Å². The van der Waals surface area contributed by atoms with E-state index in [-0.39, 0.29) is 11.2 Å². The Kier molecular flexibility index (Phi) is 5.49. The molecule has 0 atom stereocenters. The normalized spacial score (nSPS) is 10.9. The van der Waals surface area contributed by atoms with Crippen LogP contribution in [-0.2, 0) is 12.5 Å². The number of imidazole rings is 1. The monoisotopic (exact) mass is 276 g/mol. The quantitative estimate of drug-likeness (QED) is 0.776. The van der Waals surface area contributed by atoms with E-state index in [1.165, 1.54) is 6.07 Å². The van der Waals surface area contributed by atoms with E-state index in [0.717, 1.165) is 23.4 Å². The van der Waals surface area contributed by atoms with Gasteiger partial charge in [-0.15, -0.1) is 0 Å².